The van der Waals surface area contributed by atoms with E-state index in [4.69, 9.17) is 0 Å². The van der Waals surface area contributed by atoms with Crippen molar-refractivity contribution in [3.63, 3.8) is 0 Å². The highest BCUT2D eigenvalue weighted by Gasteiger charge is 2.46. The maximum Gasteiger partial charge on any atom is 0.0713 e. The monoisotopic (exact) mass is 763 g/mol. The lowest BCUT2D eigenvalue weighted by molar-refractivity contribution is 0.768. The molecule has 0 amide bonds. The van der Waals surface area contributed by atoms with Crippen molar-refractivity contribution in [3.8, 4) is 44.5 Å². The fourth-order valence-corrected chi connectivity index (χ4v) is 9.61. The minimum absolute atomic E-state index is 0.436. The van der Waals surface area contributed by atoms with E-state index in [1.54, 1.807) is 0 Å². The van der Waals surface area contributed by atoms with Crippen molar-refractivity contribution in [2.24, 2.45) is 0 Å². The lowest BCUT2D eigenvalue weighted by atomic mass is 9.67. The second-order valence-electron chi connectivity index (χ2n) is 15.7. The highest BCUT2D eigenvalue weighted by atomic mass is 15.1. The van der Waals surface area contributed by atoms with Crippen LogP contribution in [-0.2, 0) is 5.41 Å². The van der Waals surface area contributed by atoms with Crippen LogP contribution in [0.5, 0.6) is 0 Å². The molecule has 0 spiro atoms. The Morgan fingerprint density at radius 1 is 0.267 bits per heavy atom. The highest BCUT2D eigenvalue weighted by Crippen LogP contribution is 2.58. The zero-order valence-corrected chi connectivity index (χ0v) is 33.1. The fourth-order valence-electron chi connectivity index (χ4n) is 9.61. The van der Waals surface area contributed by atoms with E-state index in [0.717, 1.165) is 17.1 Å². The Morgan fingerprint density at radius 3 is 1.42 bits per heavy atom. The van der Waals surface area contributed by atoms with Crippen LogP contribution in [0.25, 0.3) is 55.3 Å². The normalized spacial score (nSPS) is 12.5. The molecule has 1 aliphatic rings. The van der Waals surface area contributed by atoms with Gasteiger partial charge in [0.25, 0.3) is 0 Å². The molecular weight excluding hydrogens is 723 g/mol. The van der Waals surface area contributed by atoms with Crippen LogP contribution in [0.3, 0.4) is 0 Å². The van der Waals surface area contributed by atoms with Gasteiger partial charge in [0.1, 0.15) is 0 Å². The molecule has 0 N–H and O–H groups in total. The van der Waals surface area contributed by atoms with Gasteiger partial charge in [-0.3, -0.25) is 0 Å². The maximum absolute atomic E-state index is 2.36. The fraction of sp³-hybridized carbons (Fsp3) is 0.0169. The number of anilines is 3. The van der Waals surface area contributed by atoms with Gasteiger partial charge < -0.3 is 4.90 Å². The van der Waals surface area contributed by atoms with Gasteiger partial charge in [-0.05, 0) is 126 Å². The van der Waals surface area contributed by atoms with Crippen molar-refractivity contribution in [2.45, 2.75) is 5.41 Å². The summed E-state index contributed by atoms with van der Waals surface area (Å²) in [6.45, 7) is 0. The maximum atomic E-state index is 2.36. The van der Waals surface area contributed by atoms with Crippen molar-refractivity contribution in [1.82, 2.24) is 0 Å². The second kappa shape index (κ2) is 14.9. The molecule has 0 radical (unpaired) electrons. The minimum Gasteiger partial charge on any atom is -0.310 e. The average Bonchev–Trinajstić information content (AvgIpc) is 3.64. The van der Waals surface area contributed by atoms with Crippen molar-refractivity contribution >= 4 is 27.8 Å². The summed E-state index contributed by atoms with van der Waals surface area (Å²) in [5, 5.41) is 2.47. The van der Waals surface area contributed by atoms with Gasteiger partial charge in [0.2, 0.25) is 0 Å². The Balaban J connectivity index is 1.00. The molecule has 1 heteroatoms. The summed E-state index contributed by atoms with van der Waals surface area (Å²) >= 11 is 0. The van der Waals surface area contributed by atoms with E-state index in [0.29, 0.717) is 0 Å². The number of para-hydroxylation sites is 1. The van der Waals surface area contributed by atoms with Crippen LogP contribution in [0.4, 0.5) is 17.1 Å². The standard InChI is InChI=1S/C59H41N/c1-5-17-42(18-6-1)46-33-31-43-32-34-47(40-48(43)39-46)45-19-15-26-53(41-45)60(51-24-11-4-12-25-51)52-37-35-44(36-38-52)54-28-16-30-57-58(54)55-27-13-14-29-56(55)59(57,49-20-7-2-8-21-49)50-22-9-3-10-23-50/h1-41H. The first-order chi connectivity index (χ1) is 29.8. The zero-order chi connectivity index (χ0) is 39.9. The molecule has 0 saturated heterocycles. The first kappa shape index (κ1) is 35.4. The Bertz CT molecular complexity index is 3080. The number of hydrogen-bond donors (Lipinski definition) is 0. The third-order valence-corrected chi connectivity index (χ3v) is 12.3. The SMILES string of the molecule is c1ccc(-c2ccc3ccc(-c4cccc(N(c5ccccc5)c5ccc(-c6cccc7c6-c6ccccc6C7(c6ccccc6)c6ccccc6)cc5)c4)cc3c2)cc1. The zero-order valence-electron chi connectivity index (χ0n) is 33.1. The van der Waals surface area contributed by atoms with Crippen molar-refractivity contribution in [3.05, 3.63) is 271 Å². The van der Waals surface area contributed by atoms with E-state index in [2.05, 4.69) is 254 Å². The number of rotatable bonds is 8. The Hall–Kier alpha value is -7.74. The van der Waals surface area contributed by atoms with Gasteiger partial charge in [0, 0.05) is 17.1 Å². The van der Waals surface area contributed by atoms with Crippen LogP contribution in [0.1, 0.15) is 22.3 Å². The molecule has 0 bridgehead atoms. The molecule has 10 aromatic rings. The van der Waals surface area contributed by atoms with E-state index >= 15 is 0 Å². The average molecular weight is 764 g/mol. The molecule has 0 saturated carbocycles. The van der Waals surface area contributed by atoms with Crippen molar-refractivity contribution < 1.29 is 0 Å². The predicted molar refractivity (Wildman–Crippen MR) is 252 cm³/mol. The first-order valence-electron chi connectivity index (χ1n) is 20.8. The molecule has 11 rings (SSSR count). The van der Waals surface area contributed by atoms with Gasteiger partial charge in [-0.2, -0.15) is 0 Å². The second-order valence-corrected chi connectivity index (χ2v) is 15.7. The molecule has 60 heavy (non-hydrogen) atoms. The number of hydrogen-bond acceptors (Lipinski definition) is 1. The van der Waals surface area contributed by atoms with E-state index in [1.165, 1.54) is 77.5 Å². The summed E-state index contributed by atoms with van der Waals surface area (Å²) in [4.78, 5) is 2.36. The molecule has 0 atom stereocenters. The lowest BCUT2D eigenvalue weighted by Gasteiger charge is -2.34. The number of nitrogens with zero attached hydrogens (tertiary/aromatic N) is 1. The molecule has 0 fully saturated rings. The van der Waals surface area contributed by atoms with Crippen molar-refractivity contribution in [1.29, 1.82) is 0 Å². The number of benzene rings is 10. The summed E-state index contributed by atoms with van der Waals surface area (Å²) in [7, 11) is 0. The van der Waals surface area contributed by atoms with E-state index in [9.17, 15) is 0 Å². The molecule has 1 nitrogen and oxygen atoms in total. The molecule has 1 aliphatic carbocycles. The smallest absolute Gasteiger partial charge is 0.0713 e. The van der Waals surface area contributed by atoms with Gasteiger partial charge in [0.05, 0.1) is 5.41 Å². The van der Waals surface area contributed by atoms with E-state index in [1.807, 2.05) is 0 Å². The quantitative estimate of drug-likeness (QED) is 0.149. The van der Waals surface area contributed by atoms with Crippen LogP contribution in [-0.4, -0.2) is 0 Å². The van der Waals surface area contributed by atoms with Crippen LogP contribution >= 0.6 is 0 Å². The Kier molecular flexibility index (Phi) is 8.79. The third-order valence-electron chi connectivity index (χ3n) is 12.3. The van der Waals surface area contributed by atoms with Gasteiger partial charge in [0.15, 0.2) is 0 Å². The van der Waals surface area contributed by atoms with E-state index < -0.39 is 5.41 Å². The Labute approximate surface area is 352 Å². The third kappa shape index (κ3) is 5.94. The predicted octanol–water partition coefficient (Wildman–Crippen LogP) is 15.7. The van der Waals surface area contributed by atoms with Crippen LogP contribution in [0, 0.1) is 0 Å². The highest BCUT2D eigenvalue weighted by molar-refractivity contribution is 5.96. The van der Waals surface area contributed by atoms with Gasteiger partial charge >= 0.3 is 0 Å². The van der Waals surface area contributed by atoms with Crippen LogP contribution in [0.15, 0.2) is 249 Å². The Morgan fingerprint density at radius 2 is 0.733 bits per heavy atom. The summed E-state index contributed by atoms with van der Waals surface area (Å²) in [6, 6.07) is 90.9. The summed E-state index contributed by atoms with van der Waals surface area (Å²) in [6.07, 6.45) is 0. The number of fused-ring (bicyclic) bond motifs is 4. The van der Waals surface area contributed by atoms with Crippen molar-refractivity contribution in [2.75, 3.05) is 4.90 Å². The van der Waals surface area contributed by atoms with E-state index in [-0.39, 0.29) is 0 Å². The molecule has 0 heterocycles. The topological polar surface area (TPSA) is 3.24 Å². The molecule has 0 unspecified atom stereocenters. The molecule has 10 aromatic carbocycles. The molecule has 0 aromatic heterocycles. The van der Waals surface area contributed by atoms with Crippen LogP contribution < -0.4 is 4.90 Å². The summed E-state index contributed by atoms with van der Waals surface area (Å²) in [5.41, 5.74) is 17.9. The van der Waals surface area contributed by atoms with Gasteiger partial charge in [-0.15, -0.1) is 0 Å². The minimum atomic E-state index is -0.436. The first-order valence-corrected chi connectivity index (χ1v) is 20.8. The van der Waals surface area contributed by atoms with Crippen LogP contribution in [0.2, 0.25) is 0 Å². The van der Waals surface area contributed by atoms with Gasteiger partial charge in [-0.1, -0.05) is 200 Å². The molecule has 0 aliphatic heterocycles. The largest absolute Gasteiger partial charge is 0.310 e. The summed E-state index contributed by atoms with van der Waals surface area (Å²) < 4.78 is 0. The molecular formula is C59H41N. The summed E-state index contributed by atoms with van der Waals surface area (Å²) in [5.74, 6) is 0. The molecule has 282 valence electrons. The van der Waals surface area contributed by atoms with Gasteiger partial charge in [-0.25, -0.2) is 0 Å². The lowest BCUT2D eigenvalue weighted by Crippen LogP contribution is -2.28.